The van der Waals surface area contributed by atoms with Gasteiger partial charge in [0.1, 0.15) is 0 Å². The highest BCUT2D eigenvalue weighted by Crippen LogP contribution is 2.27. The topological polar surface area (TPSA) is 87.7 Å². The van der Waals surface area contributed by atoms with E-state index in [0.717, 1.165) is 5.56 Å². The molecule has 110 valence electrons. The van der Waals surface area contributed by atoms with Gasteiger partial charge in [0.2, 0.25) is 5.91 Å². The molecule has 0 unspecified atom stereocenters. The van der Waals surface area contributed by atoms with Crippen LogP contribution in [0.25, 0.3) is 0 Å². The molecule has 0 aliphatic rings. The third-order valence-electron chi connectivity index (χ3n) is 2.72. The molecule has 6 nitrogen and oxygen atoms in total. The number of ether oxygens (including phenoxy) is 2. The average molecular weight is 280 g/mol. The van der Waals surface area contributed by atoms with Gasteiger partial charge in [-0.15, -0.1) is 0 Å². The molecule has 0 heterocycles. The van der Waals surface area contributed by atoms with Crippen LogP contribution in [0.15, 0.2) is 18.2 Å². The van der Waals surface area contributed by atoms with E-state index in [1.165, 1.54) is 0 Å². The first-order valence-corrected chi connectivity index (χ1v) is 6.24. The van der Waals surface area contributed by atoms with Gasteiger partial charge < -0.3 is 24.7 Å². The molecular weight excluding hydrogens is 262 g/mol. The molecule has 6 heteroatoms. The second-order valence-electron chi connectivity index (χ2n) is 4.19. The Hall–Kier alpha value is -2.24. The number of methoxy groups -OCH3 is 2. The average Bonchev–Trinajstić information content (AvgIpc) is 2.44. The van der Waals surface area contributed by atoms with E-state index in [1.807, 2.05) is 6.07 Å². The van der Waals surface area contributed by atoms with Crippen molar-refractivity contribution < 1.29 is 24.2 Å². The SMILES string of the molecule is COc1ccc(CNC(=O)CCCC(=O)[O-])cc1OC. The zero-order chi connectivity index (χ0) is 15.0. The number of nitrogens with one attached hydrogen (secondary N) is 1. The maximum Gasteiger partial charge on any atom is 0.220 e. The molecule has 1 aromatic carbocycles. The van der Waals surface area contributed by atoms with Crippen LogP contribution in [0.3, 0.4) is 0 Å². The molecule has 0 spiro atoms. The number of carbonyl (C=O) groups is 2. The molecule has 0 atom stereocenters. The molecule has 0 saturated carbocycles. The van der Waals surface area contributed by atoms with Crippen molar-refractivity contribution in [2.24, 2.45) is 0 Å². The normalized spacial score (nSPS) is 9.90. The van der Waals surface area contributed by atoms with Crippen LogP contribution < -0.4 is 19.9 Å². The van der Waals surface area contributed by atoms with E-state index in [-0.39, 0.29) is 25.2 Å². The second kappa shape index (κ2) is 8.04. The van der Waals surface area contributed by atoms with Crippen LogP contribution in [-0.4, -0.2) is 26.1 Å². The molecule has 1 rings (SSSR count). The summed E-state index contributed by atoms with van der Waals surface area (Å²) in [6.45, 7) is 0.352. The minimum atomic E-state index is -1.14. The van der Waals surface area contributed by atoms with Gasteiger partial charge in [-0.3, -0.25) is 4.79 Å². The van der Waals surface area contributed by atoms with Crippen LogP contribution in [0.2, 0.25) is 0 Å². The molecule has 20 heavy (non-hydrogen) atoms. The zero-order valence-corrected chi connectivity index (χ0v) is 11.6. The van der Waals surface area contributed by atoms with E-state index in [4.69, 9.17) is 9.47 Å². The smallest absolute Gasteiger partial charge is 0.220 e. The predicted octanol–water partition coefficient (Wildman–Crippen LogP) is 0.240. The number of amides is 1. The highest BCUT2D eigenvalue weighted by molar-refractivity contribution is 5.76. The molecule has 0 bridgehead atoms. The van der Waals surface area contributed by atoms with Crippen molar-refractivity contribution in [1.29, 1.82) is 0 Å². The molecule has 0 aliphatic heterocycles. The summed E-state index contributed by atoms with van der Waals surface area (Å²) >= 11 is 0. The molecule has 1 amide bonds. The summed E-state index contributed by atoms with van der Waals surface area (Å²) in [5.74, 6) is -0.119. The minimum Gasteiger partial charge on any atom is -0.550 e. The van der Waals surface area contributed by atoms with Crippen LogP contribution in [0.5, 0.6) is 11.5 Å². The van der Waals surface area contributed by atoms with Crippen LogP contribution >= 0.6 is 0 Å². The summed E-state index contributed by atoms with van der Waals surface area (Å²) in [6.07, 6.45) is 0.338. The summed E-state index contributed by atoms with van der Waals surface area (Å²) in [4.78, 5) is 21.7. The quantitative estimate of drug-likeness (QED) is 0.737. The van der Waals surface area contributed by atoms with Crippen molar-refractivity contribution >= 4 is 11.9 Å². The summed E-state index contributed by atoms with van der Waals surface area (Å²) in [7, 11) is 3.09. The lowest BCUT2D eigenvalue weighted by Gasteiger charge is -2.10. The Morgan fingerprint density at radius 2 is 1.85 bits per heavy atom. The largest absolute Gasteiger partial charge is 0.550 e. The van der Waals surface area contributed by atoms with Gasteiger partial charge in [0.25, 0.3) is 0 Å². The number of carboxylic acid groups (broad SMARTS) is 1. The third kappa shape index (κ3) is 5.17. The predicted molar refractivity (Wildman–Crippen MR) is 70.3 cm³/mol. The van der Waals surface area contributed by atoms with Crippen LogP contribution in [0.1, 0.15) is 24.8 Å². The van der Waals surface area contributed by atoms with Crippen molar-refractivity contribution in [1.82, 2.24) is 5.32 Å². The lowest BCUT2D eigenvalue weighted by Crippen LogP contribution is -2.25. The van der Waals surface area contributed by atoms with Gasteiger partial charge in [0.15, 0.2) is 11.5 Å². The van der Waals surface area contributed by atoms with Gasteiger partial charge in [-0.1, -0.05) is 6.07 Å². The molecule has 0 aromatic heterocycles. The fraction of sp³-hybridized carbons (Fsp3) is 0.429. The Morgan fingerprint density at radius 3 is 2.45 bits per heavy atom. The maximum absolute atomic E-state index is 11.5. The zero-order valence-electron chi connectivity index (χ0n) is 11.6. The van der Waals surface area contributed by atoms with E-state index in [2.05, 4.69) is 5.32 Å². The molecule has 0 fully saturated rings. The van der Waals surface area contributed by atoms with E-state index in [9.17, 15) is 14.7 Å². The van der Waals surface area contributed by atoms with Gasteiger partial charge in [0.05, 0.1) is 14.2 Å². The van der Waals surface area contributed by atoms with Crippen LogP contribution in [0, 0.1) is 0 Å². The van der Waals surface area contributed by atoms with Crippen molar-refractivity contribution in [3.05, 3.63) is 23.8 Å². The number of hydrogen-bond donors (Lipinski definition) is 1. The number of aliphatic carboxylic acids is 1. The van der Waals surface area contributed by atoms with Crippen molar-refractivity contribution in [2.75, 3.05) is 14.2 Å². The Balaban J connectivity index is 2.45. The molecule has 0 saturated heterocycles. The highest BCUT2D eigenvalue weighted by Gasteiger charge is 2.06. The van der Waals surface area contributed by atoms with E-state index in [1.54, 1.807) is 26.4 Å². The number of carbonyl (C=O) groups excluding carboxylic acids is 2. The third-order valence-corrected chi connectivity index (χ3v) is 2.72. The molecule has 0 aliphatic carbocycles. The number of benzene rings is 1. The van der Waals surface area contributed by atoms with E-state index in [0.29, 0.717) is 18.0 Å². The van der Waals surface area contributed by atoms with Gasteiger partial charge >= 0.3 is 0 Å². The highest BCUT2D eigenvalue weighted by atomic mass is 16.5. The van der Waals surface area contributed by atoms with Gasteiger partial charge in [-0.2, -0.15) is 0 Å². The molecule has 1 N–H and O–H groups in total. The van der Waals surface area contributed by atoms with Crippen molar-refractivity contribution in [3.63, 3.8) is 0 Å². The summed E-state index contributed by atoms with van der Waals surface area (Å²) in [5.41, 5.74) is 0.871. The first-order valence-electron chi connectivity index (χ1n) is 6.24. The number of rotatable bonds is 8. The number of hydrogen-bond acceptors (Lipinski definition) is 5. The Kier molecular flexibility index (Phi) is 6.36. The van der Waals surface area contributed by atoms with E-state index < -0.39 is 5.97 Å². The second-order valence-corrected chi connectivity index (χ2v) is 4.19. The first kappa shape index (κ1) is 15.8. The molecule has 0 radical (unpaired) electrons. The monoisotopic (exact) mass is 280 g/mol. The fourth-order valence-corrected chi connectivity index (χ4v) is 1.67. The Labute approximate surface area is 117 Å². The maximum atomic E-state index is 11.5. The Bertz CT molecular complexity index is 473. The van der Waals surface area contributed by atoms with Gasteiger partial charge in [-0.25, -0.2) is 0 Å². The standard InChI is InChI=1S/C14H19NO5/c1-19-11-7-6-10(8-12(11)20-2)9-15-13(16)4-3-5-14(17)18/h6-8H,3-5,9H2,1-2H3,(H,15,16)(H,17,18)/p-1. The lowest BCUT2D eigenvalue weighted by molar-refractivity contribution is -0.305. The minimum absolute atomic E-state index is 0.107. The van der Waals surface area contributed by atoms with Crippen LogP contribution in [-0.2, 0) is 16.1 Å². The summed E-state index contributed by atoms with van der Waals surface area (Å²) < 4.78 is 10.3. The van der Waals surface area contributed by atoms with E-state index >= 15 is 0 Å². The first-order chi connectivity index (χ1) is 9.56. The van der Waals surface area contributed by atoms with Crippen molar-refractivity contribution in [2.45, 2.75) is 25.8 Å². The fourth-order valence-electron chi connectivity index (χ4n) is 1.67. The van der Waals surface area contributed by atoms with Crippen LogP contribution in [0.4, 0.5) is 0 Å². The van der Waals surface area contributed by atoms with Gasteiger partial charge in [0, 0.05) is 18.9 Å². The molecular formula is C14H18NO5-. The summed E-state index contributed by atoms with van der Waals surface area (Å²) in [6, 6.07) is 5.36. The number of carboxylic acids is 1. The van der Waals surface area contributed by atoms with Crippen molar-refractivity contribution in [3.8, 4) is 11.5 Å². The lowest BCUT2D eigenvalue weighted by atomic mass is 10.2. The summed E-state index contributed by atoms with van der Waals surface area (Å²) in [5, 5.41) is 12.9. The Morgan fingerprint density at radius 1 is 1.15 bits per heavy atom. The molecule has 1 aromatic rings. The van der Waals surface area contributed by atoms with Gasteiger partial charge in [-0.05, 0) is 30.5 Å².